The zero-order valence-corrected chi connectivity index (χ0v) is 13.1. The highest BCUT2D eigenvalue weighted by molar-refractivity contribution is 5.76. The molecule has 0 heterocycles. The van der Waals surface area contributed by atoms with Crippen molar-refractivity contribution in [1.29, 1.82) is 0 Å². The molecule has 0 radical (unpaired) electrons. The molecule has 4 atom stereocenters. The summed E-state index contributed by atoms with van der Waals surface area (Å²) in [5.41, 5.74) is 0. The molecule has 0 aromatic rings. The van der Waals surface area contributed by atoms with Gasteiger partial charge in [0, 0.05) is 18.6 Å². The van der Waals surface area contributed by atoms with Crippen LogP contribution in [0.5, 0.6) is 0 Å². The van der Waals surface area contributed by atoms with E-state index in [0.29, 0.717) is 18.4 Å². The van der Waals surface area contributed by atoms with Gasteiger partial charge in [0.15, 0.2) is 0 Å². The maximum absolute atomic E-state index is 12.3. The lowest BCUT2D eigenvalue weighted by Gasteiger charge is -2.30. The van der Waals surface area contributed by atoms with E-state index in [1.165, 1.54) is 6.42 Å². The Labute approximate surface area is 121 Å². The number of carbonyl (C=O) groups excluding carboxylic acids is 1. The summed E-state index contributed by atoms with van der Waals surface area (Å²) in [6, 6.07) is -0.190. The highest BCUT2D eigenvalue weighted by atomic mass is 16.4. The second kappa shape index (κ2) is 7.50. The van der Waals surface area contributed by atoms with Gasteiger partial charge in [-0.05, 0) is 38.5 Å². The highest BCUT2D eigenvalue weighted by Gasteiger charge is 2.33. The van der Waals surface area contributed by atoms with Crippen LogP contribution in [-0.2, 0) is 4.79 Å². The van der Waals surface area contributed by atoms with E-state index < -0.39 is 5.97 Å². The van der Waals surface area contributed by atoms with Gasteiger partial charge in [-0.2, -0.15) is 0 Å². The summed E-state index contributed by atoms with van der Waals surface area (Å²) in [6.45, 7) is 8.58. The SMILES string of the molecule is CCC1CCC(NC(=O)N(CC)C(C)CC(=O)O)C1C. The minimum atomic E-state index is -0.871. The molecular weight excluding hydrogens is 256 g/mol. The number of carboxylic acid groups (broad SMARTS) is 1. The summed E-state index contributed by atoms with van der Waals surface area (Å²) >= 11 is 0. The fourth-order valence-corrected chi connectivity index (χ4v) is 3.29. The number of rotatable bonds is 6. The fraction of sp³-hybridized carbons (Fsp3) is 0.867. The third-order valence-electron chi connectivity index (χ3n) is 4.66. The first kappa shape index (κ1) is 16.8. The Kier molecular flexibility index (Phi) is 6.30. The summed E-state index contributed by atoms with van der Waals surface area (Å²) in [5.74, 6) is 0.313. The largest absolute Gasteiger partial charge is 0.481 e. The molecule has 0 spiro atoms. The van der Waals surface area contributed by atoms with E-state index in [1.807, 2.05) is 6.92 Å². The molecule has 20 heavy (non-hydrogen) atoms. The normalized spacial score (nSPS) is 27.1. The molecule has 1 rings (SSSR count). The predicted octanol–water partition coefficient (Wildman–Crippen LogP) is 2.71. The molecule has 0 aromatic carbocycles. The zero-order chi connectivity index (χ0) is 15.3. The monoisotopic (exact) mass is 284 g/mol. The Balaban J connectivity index is 2.57. The van der Waals surface area contributed by atoms with Crippen molar-refractivity contribution >= 4 is 12.0 Å². The van der Waals surface area contributed by atoms with Crippen molar-refractivity contribution in [2.75, 3.05) is 6.54 Å². The molecule has 0 bridgehead atoms. The van der Waals surface area contributed by atoms with E-state index in [0.717, 1.165) is 12.8 Å². The predicted molar refractivity (Wildman–Crippen MR) is 78.6 cm³/mol. The Morgan fingerprint density at radius 3 is 2.45 bits per heavy atom. The van der Waals surface area contributed by atoms with E-state index in [4.69, 9.17) is 5.11 Å². The Hall–Kier alpha value is -1.26. The number of urea groups is 1. The van der Waals surface area contributed by atoms with E-state index >= 15 is 0 Å². The van der Waals surface area contributed by atoms with Crippen LogP contribution in [0.25, 0.3) is 0 Å². The average Bonchev–Trinajstić information content (AvgIpc) is 2.70. The molecule has 5 nitrogen and oxygen atoms in total. The molecule has 2 amide bonds. The first-order valence-corrected chi connectivity index (χ1v) is 7.69. The zero-order valence-electron chi connectivity index (χ0n) is 13.1. The first-order valence-electron chi connectivity index (χ1n) is 7.69. The fourth-order valence-electron chi connectivity index (χ4n) is 3.29. The summed E-state index contributed by atoms with van der Waals surface area (Å²) in [7, 11) is 0. The third-order valence-corrected chi connectivity index (χ3v) is 4.66. The minimum Gasteiger partial charge on any atom is -0.481 e. The van der Waals surface area contributed by atoms with Gasteiger partial charge in [0.1, 0.15) is 0 Å². The van der Waals surface area contributed by atoms with Crippen molar-refractivity contribution < 1.29 is 14.7 Å². The quantitative estimate of drug-likeness (QED) is 0.788. The van der Waals surface area contributed by atoms with Crippen LogP contribution in [0.15, 0.2) is 0 Å². The molecule has 0 aliphatic heterocycles. The van der Waals surface area contributed by atoms with E-state index in [9.17, 15) is 9.59 Å². The summed E-state index contributed by atoms with van der Waals surface area (Å²) in [6.07, 6.45) is 3.33. The highest BCUT2D eigenvalue weighted by Crippen LogP contribution is 2.33. The molecule has 4 unspecified atom stereocenters. The summed E-state index contributed by atoms with van der Waals surface area (Å²) < 4.78 is 0. The van der Waals surface area contributed by atoms with Crippen LogP contribution < -0.4 is 5.32 Å². The second-order valence-electron chi connectivity index (χ2n) is 5.89. The molecule has 1 aliphatic rings. The number of aliphatic carboxylic acids is 1. The molecule has 0 saturated heterocycles. The van der Waals surface area contributed by atoms with E-state index in [1.54, 1.807) is 11.8 Å². The van der Waals surface area contributed by atoms with Crippen LogP contribution in [0.1, 0.15) is 53.4 Å². The molecule has 5 heteroatoms. The molecule has 1 fully saturated rings. The smallest absolute Gasteiger partial charge is 0.317 e. The number of hydrogen-bond acceptors (Lipinski definition) is 2. The van der Waals surface area contributed by atoms with Gasteiger partial charge in [-0.15, -0.1) is 0 Å². The minimum absolute atomic E-state index is 0.0148. The molecule has 2 N–H and O–H groups in total. The van der Waals surface area contributed by atoms with Gasteiger partial charge >= 0.3 is 12.0 Å². The van der Waals surface area contributed by atoms with Crippen LogP contribution >= 0.6 is 0 Å². The van der Waals surface area contributed by atoms with Gasteiger partial charge in [0.2, 0.25) is 0 Å². The summed E-state index contributed by atoms with van der Waals surface area (Å²) in [5, 5.41) is 11.9. The topological polar surface area (TPSA) is 69.6 Å². The van der Waals surface area contributed by atoms with Crippen molar-refractivity contribution in [3.63, 3.8) is 0 Å². The van der Waals surface area contributed by atoms with E-state index in [-0.39, 0.29) is 24.5 Å². The second-order valence-corrected chi connectivity index (χ2v) is 5.89. The van der Waals surface area contributed by atoms with Crippen LogP contribution in [0.2, 0.25) is 0 Å². The number of hydrogen-bond donors (Lipinski definition) is 2. The van der Waals surface area contributed by atoms with Gasteiger partial charge in [-0.25, -0.2) is 4.79 Å². The van der Waals surface area contributed by atoms with Gasteiger partial charge < -0.3 is 15.3 Å². The number of nitrogens with zero attached hydrogens (tertiary/aromatic N) is 1. The first-order chi connectivity index (χ1) is 9.40. The van der Waals surface area contributed by atoms with Crippen LogP contribution in [0.4, 0.5) is 4.79 Å². The number of carbonyl (C=O) groups is 2. The van der Waals surface area contributed by atoms with Gasteiger partial charge in [0.25, 0.3) is 0 Å². The lowest BCUT2D eigenvalue weighted by atomic mass is 9.93. The maximum Gasteiger partial charge on any atom is 0.317 e. The molecule has 0 aromatic heterocycles. The van der Waals surface area contributed by atoms with Crippen molar-refractivity contribution in [3.05, 3.63) is 0 Å². The van der Waals surface area contributed by atoms with Crippen molar-refractivity contribution in [3.8, 4) is 0 Å². The number of carboxylic acids is 1. The van der Waals surface area contributed by atoms with Gasteiger partial charge in [0.05, 0.1) is 6.42 Å². The molecule has 1 saturated carbocycles. The van der Waals surface area contributed by atoms with Gasteiger partial charge in [-0.1, -0.05) is 20.3 Å². The summed E-state index contributed by atoms with van der Waals surface area (Å²) in [4.78, 5) is 24.7. The Morgan fingerprint density at radius 1 is 1.35 bits per heavy atom. The van der Waals surface area contributed by atoms with Crippen molar-refractivity contribution in [1.82, 2.24) is 10.2 Å². The van der Waals surface area contributed by atoms with Crippen molar-refractivity contribution in [2.45, 2.75) is 65.5 Å². The van der Waals surface area contributed by atoms with Crippen LogP contribution in [0.3, 0.4) is 0 Å². The average molecular weight is 284 g/mol. The van der Waals surface area contributed by atoms with Crippen molar-refractivity contribution in [2.24, 2.45) is 11.8 Å². The maximum atomic E-state index is 12.3. The molecule has 116 valence electrons. The lowest BCUT2D eigenvalue weighted by Crippen LogP contribution is -2.49. The van der Waals surface area contributed by atoms with E-state index in [2.05, 4.69) is 19.2 Å². The van der Waals surface area contributed by atoms with Gasteiger partial charge in [-0.3, -0.25) is 4.79 Å². The number of nitrogens with one attached hydrogen (secondary N) is 1. The van der Waals surface area contributed by atoms with Crippen LogP contribution in [-0.4, -0.2) is 40.6 Å². The van der Waals surface area contributed by atoms with Crippen LogP contribution in [0, 0.1) is 11.8 Å². The molecule has 1 aliphatic carbocycles. The lowest BCUT2D eigenvalue weighted by molar-refractivity contribution is -0.138. The molecular formula is C15H28N2O3. The standard InChI is InChI=1S/C15H28N2O3/c1-5-12-7-8-13(11(12)4)16-15(20)17(6-2)10(3)9-14(18)19/h10-13H,5-9H2,1-4H3,(H,16,20)(H,18,19). The third kappa shape index (κ3) is 4.12. The Morgan fingerprint density at radius 2 is 2.00 bits per heavy atom. The number of amides is 2. The Bertz CT molecular complexity index is 346.